The molecule has 1 N–H and O–H groups in total. The number of hydrogen-bond acceptors (Lipinski definition) is 4. The number of nitrogens with zero attached hydrogens (tertiary/aromatic N) is 3. The van der Waals surface area contributed by atoms with E-state index < -0.39 is 4.92 Å². The fraction of sp³-hybridized carbons (Fsp3) is 0.500. The molecule has 0 aliphatic rings. The van der Waals surface area contributed by atoms with Gasteiger partial charge in [0.25, 0.3) is 0 Å². The molecule has 7 nitrogen and oxygen atoms in total. The van der Waals surface area contributed by atoms with Gasteiger partial charge in [0, 0.05) is 6.04 Å². The number of carbonyl (C=O) groups is 1. The van der Waals surface area contributed by atoms with E-state index in [2.05, 4.69) is 26.3 Å². The summed E-state index contributed by atoms with van der Waals surface area (Å²) < 4.78 is 1.48. The molecule has 8 heteroatoms. The zero-order valence-corrected chi connectivity index (χ0v) is 10.4. The predicted molar refractivity (Wildman–Crippen MR) is 59.9 cm³/mol. The Morgan fingerprint density at radius 1 is 1.75 bits per heavy atom. The van der Waals surface area contributed by atoms with E-state index in [-0.39, 0.29) is 28.8 Å². The van der Waals surface area contributed by atoms with E-state index in [0.717, 1.165) is 0 Å². The monoisotopic (exact) mass is 290 g/mol. The lowest BCUT2D eigenvalue weighted by atomic mass is 10.4. The minimum atomic E-state index is -0.610. The Labute approximate surface area is 100 Å². The molecule has 0 spiro atoms. The van der Waals surface area contributed by atoms with Crippen molar-refractivity contribution >= 4 is 27.7 Å². The fourth-order valence-electron chi connectivity index (χ4n) is 1.11. The van der Waals surface area contributed by atoms with Gasteiger partial charge in [-0.25, -0.2) is 0 Å². The summed E-state index contributed by atoms with van der Waals surface area (Å²) in [6.07, 6.45) is 1.40. The number of amides is 1. The molecular weight excluding hydrogens is 280 g/mol. The second-order valence-corrected chi connectivity index (χ2v) is 4.33. The molecule has 88 valence electrons. The molecule has 1 aromatic heterocycles. The number of rotatable bonds is 4. The summed E-state index contributed by atoms with van der Waals surface area (Å²) in [4.78, 5) is 21.2. The van der Waals surface area contributed by atoms with Crippen molar-refractivity contribution < 1.29 is 9.72 Å². The molecule has 1 rings (SSSR count). The zero-order valence-electron chi connectivity index (χ0n) is 8.81. The molecule has 0 atom stereocenters. The maximum Gasteiger partial charge on any atom is 0.404 e. The number of hydrogen-bond donors (Lipinski definition) is 1. The highest BCUT2D eigenvalue weighted by molar-refractivity contribution is 9.10. The van der Waals surface area contributed by atoms with Crippen LogP contribution in [0.1, 0.15) is 13.8 Å². The highest BCUT2D eigenvalue weighted by Crippen LogP contribution is 2.21. The van der Waals surface area contributed by atoms with Crippen molar-refractivity contribution in [1.29, 1.82) is 0 Å². The van der Waals surface area contributed by atoms with Crippen molar-refractivity contribution in [2.24, 2.45) is 0 Å². The Hall–Kier alpha value is -1.44. The first-order chi connectivity index (χ1) is 7.40. The lowest BCUT2D eigenvalue weighted by Crippen LogP contribution is -2.33. The van der Waals surface area contributed by atoms with Crippen LogP contribution in [0.2, 0.25) is 0 Å². The van der Waals surface area contributed by atoms with E-state index in [1.807, 2.05) is 13.8 Å². The maximum atomic E-state index is 11.4. The smallest absolute Gasteiger partial charge is 0.358 e. The summed E-state index contributed by atoms with van der Waals surface area (Å²) in [5.74, 6) is -0.530. The highest BCUT2D eigenvalue weighted by Gasteiger charge is 2.19. The van der Waals surface area contributed by atoms with Gasteiger partial charge < -0.3 is 15.4 Å². The van der Waals surface area contributed by atoms with Gasteiger partial charge in [0.15, 0.2) is 0 Å². The van der Waals surface area contributed by atoms with Gasteiger partial charge in [0.2, 0.25) is 5.91 Å². The van der Waals surface area contributed by atoms with E-state index in [1.165, 1.54) is 10.9 Å². The van der Waals surface area contributed by atoms with Crippen LogP contribution >= 0.6 is 15.9 Å². The van der Waals surface area contributed by atoms with Crippen LogP contribution in [-0.2, 0) is 11.3 Å². The molecule has 0 saturated carbocycles. The van der Waals surface area contributed by atoms with Crippen LogP contribution in [0.25, 0.3) is 0 Å². The minimum Gasteiger partial charge on any atom is -0.358 e. The van der Waals surface area contributed by atoms with Crippen molar-refractivity contribution in [2.75, 3.05) is 0 Å². The van der Waals surface area contributed by atoms with Crippen LogP contribution in [0.15, 0.2) is 10.7 Å². The van der Waals surface area contributed by atoms with Gasteiger partial charge in [-0.2, -0.15) is 4.68 Å². The Bertz CT molecular complexity index is 415. The summed E-state index contributed by atoms with van der Waals surface area (Å²) in [6, 6.07) is 0.0292. The van der Waals surface area contributed by atoms with Gasteiger partial charge in [0.1, 0.15) is 11.0 Å². The number of nitro groups is 1. The second-order valence-electron chi connectivity index (χ2n) is 3.48. The second kappa shape index (κ2) is 5.06. The Kier molecular flexibility index (Phi) is 3.99. The third kappa shape index (κ3) is 3.30. The summed E-state index contributed by atoms with van der Waals surface area (Å²) in [5, 5.41) is 16.8. The van der Waals surface area contributed by atoms with E-state index in [0.29, 0.717) is 0 Å². The summed E-state index contributed by atoms with van der Waals surface area (Å²) in [6.45, 7) is 3.63. The average molecular weight is 291 g/mol. The van der Waals surface area contributed by atoms with Crippen molar-refractivity contribution in [1.82, 2.24) is 15.1 Å². The molecular formula is C8H11BrN4O3. The molecule has 0 aromatic carbocycles. The van der Waals surface area contributed by atoms with Gasteiger partial charge in [-0.3, -0.25) is 4.79 Å². The lowest BCUT2D eigenvalue weighted by Gasteiger charge is -2.06. The van der Waals surface area contributed by atoms with Crippen molar-refractivity contribution in [2.45, 2.75) is 26.4 Å². The third-order valence-corrected chi connectivity index (χ3v) is 2.19. The standard InChI is InChI=1S/C8H11BrN4O3/c1-5(2)10-7(14)4-12-3-6(9)8(11-12)13(15)16/h3,5H,4H2,1-2H3,(H,10,14). The molecule has 0 fully saturated rings. The van der Waals surface area contributed by atoms with Crippen LogP contribution in [0.3, 0.4) is 0 Å². The molecule has 1 aromatic rings. The quantitative estimate of drug-likeness (QED) is 0.664. The van der Waals surface area contributed by atoms with Crippen LogP contribution in [-0.4, -0.2) is 26.7 Å². The van der Waals surface area contributed by atoms with Gasteiger partial charge in [-0.1, -0.05) is 0 Å². The van der Waals surface area contributed by atoms with E-state index in [4.69, 9.17) is 0 Å². The largest absolute Gasteiger partial charge is 0.404 e. The molecule has 0 aliphatic heterocycles. The topological polar surface area (TPSA) is 90.1 Å². The molecule has 1 heterocycles. The van der Waals surface area contributed by atoms with Crippen LogP contribution < -0.4 is 5.32 Å². The predicted octanol–water partition coefficient (Wildman–Crippen LogP) is 1.08. The molecule has 0 saturated heterocycles. The van der Waals surface area contributed by atoms with Gasteiger partial charge in [0.05, 0.1) is 11.3 Å². The Balaban J connectivity index is 2.72. The number of nitrogens with one attached hydrogen (secondary N) is 1. The normalized spacial score (nSPS) is 10.5. The Morgan fingerprint density at radius 2 is 2.38 bits per heavy atom. The molecule has 0 bridgehead atoms. The molecule has 16 heavy (non-hydrogen) atoms. The first-order valence-corrected chi connectivity index (χ1v) is 5.36. The molecule has 0 radical (unpaired) electrons. The average Bonchev–Trinajstić information content (AvgIpc) is 2.44. The van der Waals surface area contributed by atoms with E-state index in [1.54, 1.807) is 0 Å². The van der Waals surface area contributed by atoms with Gasteiger partial charge in [-0.15, -0.1) is 0 Å². The summed E-state index contributed by atoms with van der Waals surface area (Å²) >= 11 is 3.00. The van der Waals surface area contributed by atoms with Crippen molar-refractivity contribution in [3.8, 4) is 0 Å². The fourth-order valence-corrected chi connectivity index (χ4v) is 1.57. The van der Waals surface area contributed by atoms with Crippen LogP contribution in [0.4, 0.5) is 5.82 Å². The lowest BCUT2D eigenvalue weighted by molar-refractivity contribution is -0.390. The van der Waals surface area contributed by atoms with Crippen molar-refractivity contribution in [3.05, 3.63) is 20.8 Å². The number of aromatic nitrogens is 2. The SMILES string of the molecule is CC(C)NC(=O)Cn1cc(Br)c([N+](=O)[O-])n1. The summed E-state index contributed by atoms with van der Waals surface area (Å²) in [7, 11) is 0. The molecule has 0 aliphatic carbocycles. The highest BCUT2D eigenvalue weighted by atomic mass is 79.9. The van der Waals surface area contributed by atoms with Crippen LogP contribution in [0.5, 0.6) is 0 Å². The molecule has 0 unspecified atom stereocenters. The zero-order chi connectivity index (χ0) is 12.3. The number of carbonyl (C=O) groups excluding carboxylic acids is 1. The first-order valence-electron chi connectivity index (χ1n) is 4.57. The van der Waals surface area contributed by atoms with Gasteiger partial charge >= 0.3 is 5.82 Å². The summed E-state index contributed by atoms with van der Waals surface area (Å²) in [5.41, 5.74) is 0. The Morgan fingerprint density at radius 3 is 2.81 bits per heavy atom. The van der Waals surface area contributed by atoms with Gasteiger partial charge in [-0.05, 0) is 34.7 Å². The maximum absolute atomic E-state index is 11.4. The van der Waals surface area contributed by atoms with E-state index in [9.17, 15) is 14.9 Å². The minimum absolute atomic E-state index is 0.0292. The third-order valence-electron chi connectivity index (χ3n) is 1.63. The van der Waals surface area contributed by atoms with E-state index >= 15 is 0 Å². The number of halogens is 1. The van der Waals surface area contributed by atoms with Crippen LogP contribution in [0, 0.1) is 10.1 Å². The first kappa shape index (κ1) is 12.6. The van der Waals surface area contributed by atoms with Crippen molar-refractivity contribution in [3.63, 3.8) is 0 Å². The molecule has 1 amide bonds.